The number of carbonyl (C=O) groups excluding carboxylic acids is 2. The number of hydrogen-bond donors (Lipinski definition) is 2. The average molecular weight is 402 g/mol. The number of benzene rings is 2. The lowest BCUT2D eigenvalue weighted by Crippen LogP contribution is -2.37. The molecule has 28 heavy (non-hydrogen) atoms. The quantitative estimate of drug-likeness (QED) is 0.637. The minimum atomic E-state index is -0.250. The number of rotatable bonds is 5. The van der Waals surface area contributed by atoms with Crippen LogP contribution in [-0.2, 0) is 11.2 Å². The highest BCUT2D eigenvalue weighted by atomic mass is 35.5. The molecule has 7 nitrogen and oxygen atoms in total. The lowest BCUT2D eigenvalue weighted by atomic mass is 10.1. The minimum Gasteiger partial charge on any atom is -0.483 e. The van der Waals surface area contributed by atoms with Gasteiger partial charge in [-0.1, -0.05) is 29.8 Å². The van der Waals surface area contributed by atoms with Crippen LogP contribution in [0.25, 0.3) is 11.0 Å². The van der Waals surface area contributed by atoms with Gasteiger partial charge in [-0.3, -0.25) is 14.4 Å². The van der Waals surface area contributed by atoms with Gasteiger partial charge in [-0.2, -0.15) is 0 Å². The number of halogens is 1. The van der Waals surface area contributed by atoms with Gasteiger partial charge in [0.1, 0.15) is 5.82 Å². The van der Waals surface area contributed by atoms with Crippen LogP contribution in [0.4, 0.5) is 0 Å². The standard InChI is InChI=1S/C19H18ClN3O2.CH2O2/c1-12(9-18-21-16-8-7-14(20)10-17(16)22-18)23(2)19(25)15-6-4-3-5-13(15)11-24;2-1-3/h3-8,10-12H,9H2,1-2H3,(H,21,22);1H,(H,2,3). The third-order valence-corrected chi connectivity index (χ3v) is 4.52. The van der Waals surface area contributed by atoms with Crippen molar-refractivity contribution in [2.45, 2.75) is 19.4 Å². The van der Waals surface area contributed by atoms with Gasteiger partial charge in [0.2, 0.25) is 0 Å². The highest BCUT2D eigenvalue weighted by molar-refractivity contribution is 6.31. The number of carboxylic acid groups (broad SMARTS) is 1. The molecule has 1 aromatic heterocycles. The molecule has 0 saturated heterocycles. The molecule has 0 radical (unpaired) electrons. The lowest BCUT2D eigenvalue weighted by molar-refractivity contribution is -0.122. The first-order valence-electron chi connectivity index (χ1n) is 8.44. The van der Waals surface area contributed by atoms with E-state index in [9.17, 15) is 9.59 Å². The number of carbonyl (C=O) groups is 3. The van der Waals surface area contributed by atoms with Crippen LogP contribution < -0.4 is 0 Å². The molecular weight excluding hydrogens is 382 g/mol. The third-order valence-electron chi connectivity index (χ3n) is 4.28. The molecular formula is C20H20ClN3O4. The van der Waals surface area contributed by atoms with E-state index in [1.807, 2.05) is 19.1 Å². The van der Waals surface area contributed by atoms with Crippen LogP contribution >= 0.6 is 11.6 Å². The molecule has 146 valence electrons. The first-order valence-corrected chi connectivity index (χ1v) is 8.82. The van der Waals surface area contributed by atoms with E-state index in [2.05, 4.69) is 9.97 Å². The van der Waals surface area contributed by atoms with Crippen molar-refractivity contribution in [2.24, 2.45) is 0 Å². The van der Waals surface area contributed by atoms with Crippen molar-refractivity contribution in [1.29, 1.82) is 0 Å². The van der Waals surface area contributed by atoms with Crippen molar-refractivity contribution >= 4 is 41.3 Å². The Labute approximate surface area is 167 Å². The Kier molecular flexibility index (Phi) is 7.28. The molecule has 1 amide bonds. The zero-order valence-electron chi connectivity index (χ0n) is 15.4. The third kappa shape index (κ3) is 4.95. The Morgan fingerprint density at radius 2 is 1.96 bits per heavy atom. The number of imidazole rings is 1. The summed E-state index contributed by atoms with van der Waals surface area (Å²) in [7, 11) is 1.73. The number of nitrogens with one attached hydrogen (secondary N) is 1. The molecule has 2 aromatic carbocycles. The number of nitrogens with zero attached hydrogens (tertiary/aromatic N) is 2. The van der Waals surface area contributed by atoms with Crippen LogP contribution in [0.5, 0.6) is 0 Å². The van der Waals surface area contributed by atoms with Crippen LogP contribution in [0.2, 0.25) is 5.02 Å². The molecule has 3 aromatic rings. The highest BCUT2D eigenvalue weighted by Crippen LogP contribution is 2.19. The number of fused-ring (bicyclic) bond motifs is 1. The molecule has 1 atom stereocenters. The van der Waals surface area contributed by atoms with Gasteiger partial charge in [-0.05, 0) is 31.2 Å². The van der Waals surface area contributed by atoms with Crippen LogP contribution in [-0.4, -0.2) is 51.7 Å². The van der Waals surface area contributed by atoms with Gasteiger partial charge in [0, 0.05) is 30.1 Å². The molecule has 0 spiro atoms. The van der Waals surface area contributed by atoms with Crippen LogP contribution in [0.1, 0.15) is 33.5 Å². The Morgan fingerprint density at radius 1 is 1.29 bits per heavy atom. The molecule has 1 unspecified atom stereocenters. The number of hydrogen-bond acceptors (Lipinski definition) is 4. The normalized spacial score (nSPS) is 11.2. The Hall–Kier alpha value is -3.19. The van der Waals surface area contributed by atoms with Crippen molar-refractivity contribution in [3.63, 3.8) is 0 Å². The summed E-state index contributed by atoms with van der Waals surface area (Å²) in [5.41, 5.74) is 2.51. The maximum Gasteiger partial charge on any atom is 0.290 e. The van der Waals surface area contributed by atoms with Crippen molar-refractivity contribution in [1.82, 2.24) is 14.9 Å². The number of aldehydes is 1. The van der Waals surface area contributed by atoms with E-state index < -0.39 is 0 Å². The van der Waals surface area contributed by atoms with Gasteiger partial charge in [-0.15, -0.1) is 0 Å². The summed E-state index contributed by atoms with van der Waals surface area (Å²) in [6, 6.07) is 12.2. The second-order valence-electron chi connectivity index (χ2n) is 6.12. The topological polar surface area (TPSA) is 103 Å². The number of aromatic nitrogens is 2. The van der Waals surface area contributed by atoms with Gasteiger partial charge < -0.3 is 15.0 Å². The largest absolute Gasteiger partial charge is 0.483 e. The molecule has 0 saturated carbocycles. The van der Waals surface area contributed by atoms with Gasteiger partial charge in [0.05, 0.1) is 16.6 Å². The first-order chi connectivity index (χ1) is 13.4. The van der Waals surface area contributed by atoms with Crippen molar-refractivity contribution in [3.05, 3.63) is 64.4 Å². The number of amides is 1. The summed E-state index contributed by atoms with van der Waals surface area (Å²) in [5.74, 6) is 0.599. The maximum atomic E-state index is 12.7. The minimum absolute atomic E-state index is 0.0942. The van der Waals surface area contributed by atoms with E-state index in [1.165, 1.54) is 0 Å². The van der Waals surface area contributed by atoms with Crippen molar-refractivity contribution in [2.75, 3.05) is 7.05 Å². The fourth-order valence-corrected chi connectivity index (χ4v) is 2.90. The van der Waals surface area contributed by atoms with Gasteiger partial charge in [0.25, 0.3) is 12.4 Å². The summed E-state index contributed by atoms with van der Waals surface area (Å²) in [4.78, 5) is 41.6. The Morgan fingerprint density at radius 3 is 2.64 bits per heavy atom. The summed E-state index contributed by atoms with van der Waals surface area (Å²) in [6.45, 7) is 1.70. The van der Waals surface area contributed by atoms with E-state index in [0.717, 1.165) is 16.9 Å². The molecule has 0 aliphatic carbocycles. The van der Waals surface area contributed by atoms with E-state index in [4.69, 9.17) is 21.5 Å². The predicted octanol–water partition coefficient (Wildman–Crippen LogP) is 3.43. The van der Waals surface area contributed by atoms with E-state index >= 15 is 0 Å². The predicted molar refractivity (Wildman–Crippen MR) is 107 cm³/mol. The van der Waals surface area contributed by atoms with Crippen LogP contribution in [0.15, 0.2) is 42.5 Å². The summed E-state index contributed by atoms with van der Waals surface area (Å²) in [5, 5.41) is 7.54. The molecule has 8 heteroatoms. The second-order valence-corrected chi connectivity index (χ2v) is 6.56. The smallest absolute Gasteiger partial charge is 0.290 e. The summed E-state index contributed by atoms with van der Waals surface area (Å²) in [6.07, 6.45) is 1.27. The number of H-pyrrole nitrogens is 1. The van der Waals surface area contributed by atoms with E-state index in [1.54, 1.807) is 42.3 Å². The molecule has 2 N–H and O–H groups in total. The number of aromatic amines is 1. The SMILES string of the molecule is CC(Cc1nc2ccc(Cl)cc2[nH]1)N(C)C(=O)c1ccccc1C=O.O=CO. The van der Waals surface area contributed by atoms with Gasteiger partial charge >= 0.3 is 0 Å². The molecule has 0 aliphatic heterocycles. The summed E-state index contributed by atoms with van der Waals surface area (Å²) < 4.78 is 0. The van der Waals surface area contributed by atoms with Crippen LogP contribution in [0.3, 0.4) is 0 Å². The Bertz CT molecular complexity index is 986. The molecule has 0 bridgehead atoms. The van der Waals surface area contributed by atoms with Crippen LogP contribution in [0, 0.1) is 0 Å². The van der Waals surface area contributed by atoms with Gasteiger partial charge in [-0.25, -0.2) is 4.98 Å². The Balaban J connectivity index is 0.000000878. The lowest BCUT2D eigenvalue weighted by Gasteiger charge is -2.25. The second kappa shape index (κ2) is 9.66. The average Bonchev–Trinajstić information content (AvgIpc) is 3.08. The van der Waals surface area contributed by atoms with Crippen molar-refractivity contribution in [3.8, 4) is 0 Å². The fourth-order valence-electron chi connectivity index (χ4n) is 2.73. The molecule has 0 aliphatic rings. The van der Waals surface area contributed by atoms with E-state index in [0.29, 0.717) is 28.9 Å². The van der Waals surface area contributed by atoms with Gasteiger partial charge in [0.15, 0.2) is 6.29 Å². The van der Waals surface area contributed by atoms with E-state index in [-0.39, 0.29) is 18.4 Å². The highest BCUT2D eigenvalue weighted by Gasteiger charge is 2.21. The first kappa shape index (κ1) is 21.1. The zero-order chi connectivity index (χ0) is 20.7. The monoisotopic (exact) mass is 401 g/mol. The fraction of sp³-hybridized carbons (Fsp3) is 0.200. The number of likely N-dealkylation sites (N-methyl/N-ethyl adjacent to an activating group) is 1. The zero-order valence-corrected chi connectivity index (χ0v) is 16.2. The summed E-state index contributed by atoms with van der Waals surface area (Å²) >= 11 is 5.99. The molecule has 3 rings (SSSR count). The van der Waals surface area contributed by atoms with Crippen molar-refractivity contribution < 1.29 is 19.5 Å². The molecule has 0 fully saturated rings. The molecule has 1 heterocycles. The maximum absolute atomic E-state index is 12.7.